The molecule has 0 saturated carbocycles. The molecule has 34 heavy (non-hydrogen) atoms. The number of rotatable bonds is 7. The van der Waals surface area contributed by atoms with Gasteiger partial charge in [-0.05, 0) is 61.4 Å². The lowest BCUT2D eigenvalue weighted by Gasteiger charge is -2.23. The number of ether oxygens (including phenoxy) is 2. The second kappa shape index (κ2) is 11.1. The van der Waals surface area contributed by atoms with E-state index in [4.69, 9.17) is 9.47 Å². The maximum Gasteiger partial charge on any atom is 0.254 e. The minimum absolute atomic E-state index is 0.0509. The van der Waals surface area contributed by atoms with Crippen LogP contribution in [0.1, 0.15) is 34.8 Å². The van der Waals surface area contributed by atoms with Crippen molar-refractivity contribution in [1.82, 2.24) is 14.9 Å². The Labute approximate surface area is 199 Å². The molecule has 2 aromatic heterocycles. The van der Waals surface area contributed by atoms with Gasteiger partial charge in [0.1, 0.15) is 18.5 Å². The lowest BCUT2D eigenvalue weighted by Crippen LogP contribution is -2.35. The van der Waals surface area contributed by atoms with Crippen molar-refractivity contribution in [3.05, 3.63) is 77.7 Å². The molecule has 0 N–H and O–H groups in total. The Kier molecular flexibility index (Phi) is 7.56. The summed E-state index contributed by atoms with van der Waals surface area (Å²) in [5.41, 5.74) is 2.11. The van der Waals surface area contributed by atoms with E-state index in [-0.39, 0.29) is 5.91 Å². The number of carbonyl (C=O) groups excluding carboxylic acids is 1. The second-order valence-corrected chi connectivity index (χ2v) is 7.86. The molecule has 4 rings (SSSR count). The van der Waals surface area contributed by atoms with Crippen LogP contribution in [0.2, 0.25) is 0 Å². The van der Waals surface area contributed by atoms with Crippen LogP contribution in [0.15, 0.2) is 61.1 Å². The number of nitrogens with zero attached hydrogens (tertiary/aromatic N) is 5. The summed E-state index contributed by atoms with van der Waals surface area (Å²) < 4.78 is 11.7. The van der Waals surface area contributed by atoms with Crippen molar-refractivity contribution in [2.75, 3.05) is 37.7 Å². The van der Waals surface area contributed by atoms with Gasteiger partial charge in [-0.2, -0.15) is 5.26 Å². The number of nitriles is 1. The normalized spacial score (nSPS) is 13.6. The van der Waals surface area contributed by atoms with Crippen LogP contribution in [0, 0.1) is 11.3 Å². The fourth-order valence-corrected chi connectivity index (χ4v) is 3.92. The maximum atomic E-state index is 13.3. The lowest BCUT2D eigenvalue weighted by atomic mass is 10.1. The third-order valence-corrected chi connectivity index (χ3v) is 5.62. The van der Waals surface area contributed by atoms with Crippen molar-refractivity contribution in [2.24, 2.45) is 0 Å². The monoisotopic (exact) mass is 457 g/mol. The molecule has 0 radical (unpaired) electrons. The van der Waals surface area contributed by atoms with Crippen LogP contribution in [0.4, 0.5) is 5.82 Å². The third-order valence-electron chi connectivity index (χ3n) is 5.62. The van der Waals surface area contributed by atoms with Crippen molar-refractivity contribution >= 4 is 11.7 Å². The molecular formula is C26H27N5O3. The molecule has 174 valence electrons. The summed E-state index contributed by atoms with van der Waals surface area (Å²) in [5.74, 6) is 1.76. The number of benzene rings is 1. The molecule has 1 saturated heterocycles. The highest BCUT2D eigenvalue weighted by molar-refractivity contribution is 5.95. The summed E-state index contributed by atoms with van der Waals surface area (Å²) in [5, 5.41) is 9.40. The fourth-order valence-electron chi connectivity index (χ4n) is 3.92. The van der Waals surface area contributed by atoms with Gasteiger partial charge in [0.15, 0.2) is 11.5 Å². The number of amides is 1. The molecular weight excluding hydrogens is 430 g/mol. The fraction of sp³-hybridized carbons (Fsp3) is 0.308. The Morgan fingerprint density at radius 2 is 1.88 bits per heavy atom. The van der Waals surface area contributed by atoms with E-state index in [0.717, 1.165) is 18.5 Å². The van der Waals surface area contributed by atoms with Gasteiger partial charge in [-0.3, -0.25) is 9.78 Å². The third kappa shape index (κ3) is 5.44. The molecule has 8 nitrogen and oxygen atoms in total. The van der Waals surface area contributed by atoms with E-state index in [0.29, 0.717) is 61.3 Å². The van der Waals surface area contributed by atoms with Gasteiger partial charge in [0.05, 0.1) is 12.2 Å². The first-order valence-corrected chi connectivity index (χ1v) is 11.4. The summed E-state index contributed by atoms with van der Waals surface area (Å²) in [4.78, 5) is 25.6. The van der Waals surface area contributed by atoms with Crippen LogP contribution in [-0.2, 0) is 6.61 Å². The molecule has 1 fully saturated rings. The Balaban J connectivity index is 1.45. The predicted molar refractivity (Wildman–Crippen MR) is 128 cm³/mol. The summed E-state index contributed by atoms with van der Waals surface area (Å²) >= 11 is 0. The van der Waals surface area contributed by atoms with E-state index in [1.807, 2.05) is 24.0 Å². The quantitative estimate of drug-likeness (QED) is 0.534. The molecule has 0 aliphatic carbocycles. The number of aromatic nitrogens is 2. The first-order valence-electron chi connectivity index (χ1n) is 11.4. The van der Waals surface area contributed by atoms with Gasteiger partial charge >= 0.3 is 0 Å². The van der Waals surface area contributed by atoms with Crippen LogP contribution in [0.5, 0.6) is 11.5 Å². The van der Waals surface area contributed by atoms with Gasteiger partial charge in [-0.1, -0.05) is 0 Å². The Morgan fingerprint density at radius 1 is 1.03 bits per heavy atom. The molecule has 1 aliphatic rings. The van der Waals surface area contributed by atoms with Crippen molar-refractivity contribution in [2.45, 2.75) is 20.0 Å². The van der Waals surface area contributed by atoms with E-state index in [1.54, 1.807) is 48.9 Å². The van der Waals surface area contributed by atoms with Crippen LogP contribution in [-0.4, -0.2) is 53.6 Å². The topological polar surface area (TPSA) is 91.6 Å². The zero-order chi connectivity index (χ0) is 23.8. The average Bonchev–Trinajstić information content (AvgIpc) is 3.14. The van der Waals surface area contributed by atoms with Gasteiger partial charge in [-0.25, -0.2) is 4.98 Å². The largest absolute Gasteiger partial charge is 0.490 e. The van der Waals surface area contributed by atoms with Gasteiger partial charge in [0, 0.05) is 50.3 Å². The minimum atomic E-state index is -0.0509. The molecule has 1 aliphatic heterocycles. The van der Waals surface area contributed by atoms with Crippen molar-refractivity contribution in [1.29, 1.82) is 5.26 Å². The summed E-state index contributed by atoms with van der Waals surface area (Å²) in [6, 6.07) is 14.8. The van der Waals surface area contributed by atoms with Gasteiger partial charge in [-0.15, -0.1) is 0 Å². The Hall–Kier alpha value is -4.12. The first-order chi connectivity index (χ1) is 16.7. The second-order valence-electron chi connectivity index (χ2n) is 7.86. The number of hydrogen-bond acceptors (Lipinski definition) is 7. The minimum Gasteiger partial charge on any atom is -0.490 e. The molecule has 0 unspecified atom stereocenters. The molecule has 3 heterocycles. The Bertz CT molecular complexity index is 1160. The van der Waals surface area contributed by atoms with Crippen LogP contribution >= 0.6 is 0 Å². The highest BCUT2D eigenvalue weighted by Crippen LogP contribution is 2.30. The summed E-state index contributed by atoms with van der Waals surface area (Å²) in [6.07, 6.45) is 5.93. The van der Waals surface area contributed by atoms with E-state index >= 15 is 0 Å². The molecule has 0 atom stereocenters. The van der Waals surface area contributed by atoms with Gasteiger partial charge < -0.3 is 19.3 Å². The molecule has 0 bridgehead atoms. The molecule has 8 heteroatoms. The zero-order valence-corrected chi connectivity index (χ0v) is 19.2. The Morgan fingerprint density at radius 3 is 2.68 bits per heavy atom. The molecule has 0 spiro atoms. The van der Waals surface area contributed by atoms with Gasteiger partial charge in [0.25, 0.3) is 5.91 Å². The van der Waals surface area contributed by atoms with Crippen LogP contribution < -0.4 is 14.4 Å². The molecule has 3 aromatic rings. The highest BCUT2D eigenvalue weighted by Gasteiger charge is 2.23. The first kappa shape index (κ1) is 23.1. The standard InChI is InChI=1S/C26H27N5O3/c1-2-33-24-17-21(6-7-23(24)34-19-20-8-11-28-12-9-20)26(32)31-14-4-13-30(15-16-31)25-22(18-27)5-3-10-29-25/h3,5-12,17H,2,4,13-16,19H2,1H3. The van der Waals surface area contributed by atoms with Gasteiger partial charge in [0.2, 0.25) is 0 Å². The average molecular weight is 458 g/mol. The van der Waals surface area contributed by atoms with Crippen molar-refractivity contribution < 1.29 is 14.3 Å². The predicted octanol–water partition coefficient (Wildman–Crippen LogP) is 3.68. The van der Waals surface area contributed by atoms with Crippen LogP contribution in [0.3, 0.4) is 0 Å². The number of hydrogen-bond donors (Lipinski definition) is 0. The van der Waals surface area contributed by atoms with E-state index in [9.17, 15) is 10.1 Å². The van der Waals surface area contributed by atoms with E-state index < -0.39 is 0 Å². The van der Waals surface area contributed by atoms with E-state index in [2.05, 4.69) is 20.9 Å². The smallest absolute Gasteiger partial charge is 0.254 e. The van der Waals surface area contributed by atoms with Crippen molar-refractivity contribution in [3.63, 3.8) is 0 Å². The SMILES string of the molecule is CCOc1cc(C(=O)N2CCCN(c3ncccc3C#N)CC2)ccc1OCc1ccncc1. The number of pyridine rings is 2. The van der Waals surface area contributed by atoms with Crippen LogP contribution in [0.25, 0.3) is 0 Å². The maximum absolute atomic E-state index is 13.3. The summed E-state index contributed by atoms with van der Waals surface area (Å²) in [7, 11) is 0. The highest BCUT2D eigenvalue weighted by atomic mass is 16.5. The lowest BCUT2D eigenvalue weighted by molar-refractivity contribution is 0.0766. The zero-order valence-electron chi connectivity index (χ0n) is 19.2. The number of anilines is 1. The molecule has 1 amide bonds. The van der Waals surface area contributed by atoms with E-state index in [1.165, 1.54) is 0 Å². The molecule has 1 aromatic carbocycles. The number of carbonyl (C=O) groups is 1. The summed E-state index contributed by atoms with van der Waals surface area (Å²) in [6.45, 7) is 5.28. The van der Waals surface area contributed by atoms with Crippen molar-refractivity contribution in [3.8, 4) is 17.6 Å².